The standard InChI is InChI=1S/C8H8Br2I2/c9-7(11)5-3-1-2-4-6(5)8(10)12/h1-4H2/b7-5-,8-6-. The van der Waals surface area contributed by atoms with Gasteiger partial charge in [0.1, 0.15) is 0 Å². The largest absolute Gasteiger partial charge is 0.0594 e. The zero-order valence-corrected chi connectivity index (χ0v) is 13.8. The van der Waals surface area contributed by atoms with Crippen molar-refractivity contribution >= 4 is 77.0 Å². The maximum absolute atomic E-state index is 3.55. The summed E-state index contributed by atoms with van der Waals surface area (Å²) in [5.74, 6) is 0. The predicted molar refractivity (Wildman–Crippen MR) is 78.4 cm³/mol. The molecule has 0 aromatic carbocycles. The highest BCUT2D eigenvalue weighted by Crippen LogP contribution is 2.40. The number of halogens is 4. The van der Waals surface area contributed by atoms with Gasteiger partial charge in [-0.05, 0) is 114 Å². The maximum atomic E-state index is 3.55. The third-order valence-electron chi connectivity index (χ3n) is 1.92. The van der Waals surface area contributed by atoms with Crippen LogP contribution in [0.1, 0.15) is 25.7 Å². The monoisotopic (exact) mass is 516 g/mol. The Morgan fingerprint density at radius 1 is 0.917 bits per heavy atom. The first-order chi connectivity index (χ1) is 5.63. The summed E-state index contributed by atoms with van der Waals surface area (Å²) in [4.78, 5) is 0. The van der Waals surface area contributed by atoms with E-state index in [1.54, 1.807) is 0 Å². The highest BCUT2D eigenvalue weighted by atomic mass is 127. The van der Waals surface area contributed by atoms with Gasteiger partial charge >= 0.3 is 0 Å². The number of rotatable bonds is 0. The Hall–Kier alpha value is 1.90. The van der Waals surface area contributed by atoms with Crippen LogP contribution in [0.15, 0.2) is 16.1 Å². The van der Waals surface area contributed by atoms with Crippen molar-refractivity contribution in [2.75, 3.05) is 0 Å². The molecule has 0 N–H and O–H groups in total. The lowest BCUT2D eigenvalue weighted by Crippen LogP contribution is -1.99. The molecular weight excluding hydrogens is 510 g/mol. The normalized spacial score (nSPS) is 27.0. The first-order valence-electron chi connectivity index (χ1n) is 3.71. The number of allylic oxidation sites excluding steroid dienone is 2. The van der Waals surface area contributed by atoms with Gasteiger partial charge in [-0.1, -0.05) is 0 Å². The Morgan fingerprint density at radius 2 is 1.25 bits per heavy atom. The van der Waals surface area contributed by atoms with Gasteiger partial charge in [0.15, 0.2) is 0 Å². The molecule has 1 fully saturated rings. The molecule has 0 bridgehead atoms. The van der Waals surface area contributed by atoms with Crippen LogP contribution in [0.3, 0.4) is 0 Å². The van der Waals surface area contributed by atoms with Crippen LogP contribution in [-0.2, 0) is 0 Å². The van der Waals surface area contributed by atoms with Crippen molar-refractivity contribution in [3.05, 3.63) is 16.1 Å². The lowest BCUT2D eigenvalue weighted by Gasteiger charge is -2.18. The smallest absolute Gasteiger partial charge is 0.0488 e. The summed E-state index contributed by atoms with van der Waals surface area (Å²) < 4.78 is 2.53. The number of hydrogen-bond acceptors (Lipinski definition) is 0. The molecule has 0 nitrogen and oxygen atoms in total. The lowest BCUT2D eigenvalue weighted by atomic mass is 9.92. The summed E-state index contributed by atoms with van der Waals surface area (Å²) in [6.45, 7) is 0. The average molecular weight is 518 g/mol. The van der Waals surface area contributed by atoms with E-state index in [4.69, 9.17) is 0 Å². The van der Waals surface area contributed by atoms with Gasteiger partial charge in [-0.15, -0.1) is 0 Å². The molecule has 0 spiro atoms. The van der Waals surface area contributed by atoms with Gasteiger partial charge in [0.25, 0.3) is 0 Å². The minimum atomic E-state index is 1.22. The molecule has 1 aliphatic carbocycles. The van der Waals surface area contributed by atoms with Gasteiger partial charge in [-0.2, -0.15) is 0 Å². The van der Waals surface area contributed by atoms with Gasteiger partial charge in [-0.25, -0.2) is 0 Å². The van der Waals surface area contributed by atoms with Gasteiger partial charge in [0, 0.05) is 0 Å². The van der Waals surface area contributed by atoms with Crippen LogP contribution < -0.4 is 0 Å². The minimum Gasteiger partial charge on any atom is -0.0488 e. The van der Waals surface area contributed by atoms with Crippen molar-refractivity contribution in [2.24, 2.45) is 0 Å². The molecule has 0 atom stereocenters. The molecule has 0 saturated heterocycles. The van der Waals surface area contributed by atoms with E-state index in [0.717, 1.165) is 0 Å². The van der Waals surface area contributed by atoms with Gasteiger partial charge < -0.3 is 0 Å². The molecule has 0 unspecified atom stereocenters. The minimum absolute atomic E-state index is 1.22. The van der Waals surface area contributed by atoms with Gasteiger partial charge in [0.2, 0.25) is 0 Å². The van der Waals surface area contributed by atoms with E-state index in [1.807, 2.05) is 0 Å². The second kappa shape index (κ2) is 5.70. The lowest BCUT2D eigenvalue weighted by molar-refractivity contribution is 0.681. The van der Waals surface area contributed by atoms with Crippen molar-refractivity contribution in [1.82, 2.24) is 0 Å². The molecule has 0 aromatic rings. The van der Waals surface area contributed by atoms with Crippen molar-refractivity contribution in [1.29, 1.82) is 0 Å². The molecule has 68 valence electrons. The third-order valence-corrected chi connectivity index (χ3v) is 4.18. The molecule has 1 saturated carbocycles. The molecule has 1 rings (SSSR count). The van der Waals surface area contributed by atoms with Crippen molar-refractivity contribution < 1.29 is 0 Å². The Balaban J connectivity index is 2.98. The Kier molecular flexibility index (Phi) is 5.69. The summed E-state index contributed by atoms with van der Waals surface area (Å²) >= 11 is 11.8. The molecule has 0 heterocycles. The van der Waals surface area contributed by atoms with Crippen LogP contribution in [0.25, 0.3) is 0 Å². The first-order valence-corrected chi connectivity index (χ1v) is 7.46. The molecule has 12 heavy (non-hydrogen) atoms. The van der Waals surface area contributed by atoms with Crippen LogP contribution in [0.5, 0.6) is 0 Å². The van der Waals surface area contributed by atoms with Crippen LogP contribution in [0, 0.1) is 0 Å². The highest BCUT2D eigenvalue weighted by Gasteiger charge is 2.16. The molecule has 0 aliphatic heterocycles. The van der Waals surface area contributed by atoms with E-state index in [1.165, 1.54) is 41.8 Å². The second-order valence-corrected chi connectivity index (χ2v) is 9.39. The van der Waals surface area contributed by atoms with Gasteiger partial charge in [0.05, 0.1) is 4.98 Å². The summed E-state index contributed by atoms with van der Waals surface area (Å²) in [5, 5.41) is 0. The summed E-state index contributed by atoms with van der Waals surface area (Å²) in [5.41, 5.74) is 2.98. The van der Waals surface area contributed by atoms with E-state index in [9.17, 15) is 0 Å². The maximum Gasteiger partial charge on any atom is 0.0594 e. The SMILES string of the molecule is Br/C(I)=C1\CCCC\C1=C(/Br)I. The molecule has 0 aromatic heterocycles. The van der Waals surface area contributed by atoms with E-state index >= 15 is 0 Å². The highest BCUT2D eigenvalue weighted by molar-refractivity contribution is 14.1. The Bertz CT molecular complexity index is 209. The first kappa shape index (κ1) is 12.0. The summed E-state index contributed by atoms with van der Waals surface area (Å²) in [7, 11) is 0. The molecule has 4 heteroatoms. The molecule has 0 amide bonds. The zero-order valence-electron chi connectivity index (χ0n) is 6.34. The average Bonchev–Trinajstić information content (AvgIpc) is 2.04. The predicted octanol–water partition coefficient (Wildman–Crippen LogP) is 5.64. The van der Waals surface area contributed by atoms with Crippen molar-refractivity contribution in [2.45, 2.75) is 25.7 Å². The Labute approximate surface area is 117 Å². The zero-order chi connectivity index (χ0) is 9.14. The van der Waals surface area contributed by atoms with Crippen LogP contribution >= 0.6 is 77.0 Å². The van der Waals surface area contributed by atoms with Crippen molar-refractivity contribution in [3.63, 3.8) is 0 Å². The molecule has 1 aliphatic rings. The van der Waals surface area contributed by atoms with E-state index in [0.29, 0.717) is 0 Å². The summed E-state index contributed by atoms with van der Waals surface area (Å²) in [6, 6.07) is 0. The van der Waals surface area contributed by atoms with E-state index in [-0.39, 0.29) is 0 Å². The fourth-order valence-electron chi connectivity index (χ4n) is 1.32. The topological polar surface area (TPSA) is 0 Å². The second-order valence-electron chi connectivity index (χ2n) is 2.69. The summed E-state index contributed by atoms with van der Waals surface area (Å²) in [6.07, 6.45) is 5.09. The molecule has 0 radical (unpaired) electrons. The van der Waals surface area contributed by atoms with Crippen LogP contribution in [-0.4, -0.2) is 0 Å². The van der Waals surface area contributed by atoms with E-state index in [2.05, 4.69) is 77.0 Å². The Morgan fingerprint density at radius 3 is 1.50 bits per heavy atom. The quantitative estimate of drug-likeness (QED) is 0.365. The fourth-order valence-corrected chi connectivity index (χ4v) is 3.39. The van der Waals surface area contributed by atoms with E-state index < -0.39 is 0 Å². The van der Waals surface area contributed by atoms with Crippen LogP contribution in [0.2, 0.25) is 0 Å². The van der Waals surface area contributed by atoms with Gasteiger partial charge in [-0.3, -0.25) is 0 Å². The fraction of sp³-hybridized carbons (Fsp3) is 0.500. The third kappa shape index (κ3) is 3.24. The van der Waals surface area contributed by atoms with Crippen molar-refractivity contribution in [3.8, 4) is 0 Å². The van der Waals surface area contributed by atoms with Crippen LogP contribution in [0.4, 0.5) is 0 Å². The number of hydrogen-bond donors (Lipinski definition) is 0. The molecular formula is C8H8Br2I2.